The van der Waals surface area contributed by atoms with Crippen LogP contribution in [0.4, 0.5) is 4.39 Å². The lowest BCUT2D eigenvalue weighted by Gasteiger charge is -2.24. The maximum absolute atomic E-state index is 13.8. The molecule has 0 aliphatic carbocycles. The maximum atomic E-state index is 13.8. The molecule has 2 unspecified atom stereocenters. The summed E-state index contributed by atoms with van der Waals surface area (Å²) in [5.41, 5.74) is -0.575. The Morgan fingerprint density at radius 2 is 1.82 bits per heavy atom. The number of ether oxygens (including phenoxy) is 1. The second-order valence-electron chi connectivity index (χ2n) is 6.10. The van der Waals surface area contributed by atoms with Crippen molar-refractivity contribution in [2.24, 2.45) is 0 Å². The molecular formula is C15H22FNO4S. The molecule has 0 spiro atoms. The molecule has 2 atom stereocenters. The lowest BCUT2D eigenvalue weighted by atomic mass is 10.1. The summed E-state index contributed by atoms with van der Waals surface area (Å²) >= 11 is 0. The number of hydrogen-bond donors (Lipinski definition) is 1. The van der Waals surface area contributed by atoms with Gasteiger partial charge in [0.15, 0.2) is 6.10 Å². The van der Waals surface area contributed by atoms with Crippen molar-refractivity contribution in [1.82, 2.24) is 4.72 Å². The van der Waals surface area contributed by atoms with Crippen molar-refractivity contribution >= 4 is 16.0 Å². The minimum Gasteiger partial charge on any atom is -0.455 e. The SMILES string of the molecule is CC(=O)OC(c1ccccc1S(=O)(=O)NC(C)(C)C)C(C)F. The van der Waals surface area contributed by atoms with Gasteiger partial charge in [0.05, 0.1) is 4.90 Å². The largest absolute Gasteiger partial charge is 0.455 e. The fourth-order valence-electron chi connectivity index (χ4n) is 2.00. The molecule has 0 bridgehead atoms. The standard InChI is InChI=1S/C15H22FNO4S/c1-10(16)14(21-11(2)18)12-8-6-7-9-13(12)22(19,20)17-15(3,4)5/h6-10,14,17H,1-5H3. The van der Waals surface area contributed by atoms with E-state index in [1.807, 2.05) is 0 Å². The number of halogens is 1. The number of carbonyl (C=O) groups is 1. The highest BCUT2D eigenvalue weighted by Crippen LogP contribution is 2.30. The first-order valence-electron chi connectivity index (χ1n) is 6.88. The van der Waals surface area contributed by atoms with Crippen molar-refractivity contribution < 1.29 is 22.3 Å². The van der Waals surface area contributed by atoms with Crippen LogP contribution in [0.25, 0.3) is 0 Å². The van der Waals surface area contributed by atoms with Gasteiger partial charge in [-0.15, -0.1) is 0 Å². The van der Waals surface area contributed by atoms with Crippen molar-refractivity contribution in [1.29, 1.82) is 0 Å². The van der Waals surface area contributed by atoms with Gasteiger partial charge in [-0.1, -0.05) is 18.2 Å². The molecule has 0 saturated carbocycles. The third kappa shape index (κ3) is 5.06. The molecule has 22 heavy (non-hydrogen) atoms. The van der Waals surface area contributed by atoms with Gasteiger partial charge in [0.2, 0.25) is 10.0 Å². The van der Waals surface area contributed by atoms with Gasteiger partial charge in [-0.3, -0.25) is 4.79 Å². The van der Waals surface area contributed by atoms with Gasteiger partial charge in [-0.2, -0.15) is 0 Å². The topological polar surface area (TPSA) is 72.5 Å². The van der Waals surface area contributed by atoms with Gasteiger partial charge < -0.3 is 4.74 Å². The number of esters is 1. The van der Waals surface area contributed by atoms with Crippen molar-refractivity contribution in [2.45, 2.75) is 57.3 Å². The van der Waals surface area contributed by atoms with Crippen LogP contribution in [0.1, 0.15) is 46.3 Å². The summed E-state index contributed by atoms with van der Waals surface area (Å²) in [5, 5.41) is 0. The van der Waals surface area contributed by atoms with Gasteiger partial charge in [-0.25, -0.2) is 17.5 Å². The normalized spacial score (nSPS) is 15.2. The molecule has 124 valence electrons. The van der Waals surface area contributed by atoms with Crippen LogP contribution in [0.2, 0.25) is 0 Å². The molecular weight excluding hydrogens is 309 g/mol. The Hall–Kier alpha value is -1.47. The number of alkyl halides is 1. The number of benzene rings is 1. The van der Waals surface area contributed by atoms with E-state index in [9.17, 15) is 17.6 Å². The van der Waals surface area contributed by atoms with Crippen LogP contribution in [-0.4, -0.2) is 26.1 Å². The molecule has 1 aromatic rings. The Bertz CT molecular complexity index is 635. The van der Waals surface area contributed by atoms with Gasteiger partial charge in [-0.05, 0) is 33.8 Å². The summed E-state index contributed by atoms with van der Waals surface area (Å²) < 4.78 is 46.3. The van der Waals surface area contributed by atoms with Crippen molar-refractivity contribution in [3.8, 4) is 0 Å². The van der Waals surface area contributed by atoms with Gasteiger partial charge in [0.25, 0.3) is 0 Å². The van der Waals surface area contributed by atoms with E-state index in [0.717, 1.165) is 6.92 Å². The van der Waals surface area contributed by atoms with Crippen molar-refractivity contribution in [2.75, 3.05) is 0 Å². The monoisotopic (exact) mass is 331 g/mol. The fourth-order valence-corrected chi connectivity index (χ4v) is 3.67. The van der Waals surface area contributed by atoms with E-state index in [4.69, 9.17) is 4.74 Å². The van der Waals surface area contributed by atoms with E-state index >= 15 is 0 Å². The van der Waals surface area contributed by atoms with Crippen LogP contribution < -0.4 is 4.72 Å². The molecule has 0 fully saturated rings. The molecule has 0 saturated heterocycles. The summed E-state index contributed by atoms with van der Waals surface area (Å²) in [7, 11) is -3.87. The molecule has 1 rings (SSSR count). The van der Waals surface area contributed by atoms with Gasteiger partial charge >= 0.3 is 5.97 Å². The summed E-state index contributed by atoms with van der Waals surface area (Å²) in [4.78, 5) is 11.1. The molecule has 1 N–H and O–H groups in total. The minimum absolute atomic E-state index is 0.0966. The molecule has 0 aliphatic rings. The fraction of sp³-hybridized carbons (Fsp3) is 0.533. The molecule has 0 aromatic heterocycles. The predicted molar refractivity (Wildman–Crippen MR) is 81.6 cm³/mol. The van der Waals surface area contributed by atoms with E-state index in [-0.39, 0.29) is 10.5 Å². The summed E-state index contributed by atoms with van der Waals surface area (Å²) in [6.45, 7) is 7.48. The van der Waals surface area contributed by atoms with E-state index in [1.165, 1.54) is 25.1 Å². The first-order valence-corrected chi connectivity index (χ1v) is 8.36. The number of nitrogens with one attached hydrogen (secondary N) is 1. The zero-order valence-electron chi connectivity index (χ0n) is 13.4. The van der Waals surface area contributed by atoms with Crippen LogP contribution in [-0.2, 0) is 19.6 Å². The zero-order chi connectivity index (χ0) is 17.1. The Balaban J connectivity index is 3.37. The first-order chi connectivity index (χ1) is 9.94. The number of sulfonamides is 1. The molecule has 1 aromatic carbocycles. The van der Waals surface area contributed by atoms with Crippen LogP contribution in [0.5, 0.6) is 0 Å². The molecule has 5 nitrogen and oxygen atoms in total. The third-order valence-corrected chi connectivity index (χ3v) is 4.50. The van der Waals surface area contributed by atoms with Crippen LogP contribution >= 0.6 is 0 Å². The highest BCUT2D eigenvalue weighted by molar-refractivity contribution is 7.89. The molecule has 0 aliphatic heterocycles. The molecule has 7 heteroatoms. The van der Waals surface area contributed by atoms with Crippen LogP contribution in [0.3, 0.4) is 0 Å². The number of carbonyl (C=O) groups excluding carboxylic acids is 1. The van der Waals surface area contributed by atoms with E-state index in [0.29, 0.717) is 0 Å². The minimum atomic E-state index is -3.87. The Morgan fingerprint density at radius 1 is 1.27 bits per heavy atom. The second kappa shape index (κ2) is 6.75. The Morgan fingerprint density at radius 3 is 2.27 bits per heavy atom. The highest BCUT2D eigenvalue weighted by atomic mass is 32.2. The van der Waals surface area contributed by atoms with Crippen molar-refractivity contribution in [3.63, 3.8) is 0 Å². The van der Waals surface area contributed by atoms with Crippen LogP contribution in [0, 0.1) is 0 Å². The average Bonchev–Trinajstić information content (AvgIpc) is 2.32. The quantitative estimate of drug-likeness (QED) is 0.842. The van der Waals surface area contributed by atoms with Gasteiger partial charge in [0.1, 0.15) is 6.17 Å². The first kappa shape index (κ1) is 18.6. The van der Waals surface area contributed by atoms with E-state index in [2.05, 4.69) is 4.72 Å². The predicted octanol–water partition coefficient (Wildman–Crippen LogP) is 2.73. The summed E-state index contributed by atoms with van der Waals surface area (Å²) in [5.74, 6) is -0.675. The Kier molecular flexibility index (Phi) is 5.70. The Labute approximate surface area is 130 Å². The molecule has 0 heterocycles. The number of hydrogen-bond acceptors (Lipinski definition) is 4. The van der Waals surface area contributed by atoms with E-state index in [1.54, 1.807) is 26.8 Å². The lowest BCUT2D eigenvalue weighted by molar-refractivity contribution is -0.150. The zero-order valence-corrected chi connectivity index (χ0v) is 14.2. The molecule has 0 amide bonds. The second-order valence-corrected chi connectivity index (χ2v) is 7.75. The van der Waals surface area contributed by atoms with Gasteiger partial charge in [0, 0.05) is 18.0 Å². The third-order valence-electron chi connectivity index (χ3n) is 2.67. The van der Waals surface area contributed by atoms with E-state index < -0.39 is 33.8 Å². The average molecular weight is 331 g/mol. The van der Waals surface area contributed by atoms with Crippen molar-refractivity contribution in [3.05, 3.63) is 29.8 Å². The highest BCUT2D eigenvalue weighted by Gasteiger charge is 2.31. The maximum Gasteiger partial charge on any atom is 0.303 e. The molecule has 0 radical (unpaired) electrons. The smallest absolute Gasteiger partial charge is 0.303 e. The summed E-state index contributed by atoms with van der Waals surface area (Å²) in [6.07, 6.45) is -2.82. The van der Waals surface area contributed by atoms with Crippen LogP contribution in [0.15, 0.2) is 29.2 Å². The summed E-state index contributed by atoms with van der Waals surface area (Å²) in [6, 6.07) is 5.92. The lowest BCUT2D eigenvalue weighted by Crippen LogP contribution is -2.41. The number of rotatable bonds is 5.